The minimum atomic E-state index is -0.418. The minimum Gasteiger partial charge on any atom is -0.490 e. The third-order valence-electron chi connectivity index (χ3n) is 4.30. The van der Waals surface area contributed by atoms with E-state index in [1.807, 2.05) is 32.0 Å². The molecule has 0 saturated carbocycles. The molecule has 164 valence electrons. The molecule has 0 unspecified atom stereocenters. The zero-order valence-electron chi connectivity index (χ0n) is 17.8. The fourth-order valence-corrected chi connectivity index (χ4v) is 4.47. The summed E-state index contributed by atoms with van der Waals surface area (Å²) in [5.41, 5.74) is 3.06. The van der Waals surface area contributed by atoms with Crippen molar-refractivity contribution in [3.05, 3.63) is 58.1 Å². The second kappa shape index (κ2) is 10.1. The van der Waals surface area contributed by atoms with Gasteiger partial charge in [0.2, 0.25) is 11.8 Å². The summed E-state index contributed by atoms with van der Waals surface area (Å²) in [4.78, 5) is 23.3. The standard InChI is InChI=1S/C22H24ClN3O4S/c1-13-9-14(2)11-18(10-13)29-7-8-30-20-6-5-17(12-19(20)23)21-26(16(4)28)25-22(31-21)24-15(3)27/h5-6,9-12,21H,7-8H2,1-4H3,(H,24,25,27)/t21-/m1/s1. The third-order valence-corrected chi connectivity index (χ3v) is 5.69. The number of thioether (sulfide) groups is 1. The number of hydrogen-bond acceptors (Lipinski definition) is 6. The van der Waals surface area contributed by atoms with E-state index in [0.717, 1.165) is 22.4 Å². The molecule has 2 amide bonds. The lowest BCUT2D eigenvalue weighted by atomic mass is 10.1. The van der Waals surface area contributed by atoms with E-state index >= 15 is 0 Å². The molecule has 7 nitrogen and oxygen atoms in total. The summed E-state index contributed by atoms with van der Waals surface area (Å²) in [5, 5.41) is 8.48. The molecule has 2 aromatic carbocycles. The molecule has 0 aromatic heterocycles. The Morgan fingerprint density at radius 1 is 1.10 bits per heavy atom. The van der Waals surface area contributed by atoms with Crippen LogP contribution in [-0.4, -0.2) is 35.2 Å². The highest BCUT2D eigenvalue weighted by Crippen LogP contribution is 2.40. The Morgan fingerprint density at radius 3 is 2.39 bits per heavy atom. The first-order chi connectivity index (χ1) is 14.7. The lowest BCUT2D eigenvalue weighted by molar-refractivity contribution is -0.129. The number of nitrogens with one attached hydrogen (secondary N) is 1. The van der Waals surface area contributed by atoms with Crippen LogP contribution in [0.25, 0.3) is 0 Å². The number of hydrazone groups is 1. The number of aryl methyl sites for hydroxylation is 2. The van der Waals surface area contributed by atoms with Gasteiger partial charge >= 0.3 is 0 Å². The van der Waals surface area contributed by atoms with Crippen molar-refractivity contribution < 1.29 is 19.1 Å². The number of carbonyl (C=O) groups excluding carboxylic acids is 2. The van der Waals surface area contributed by atoms with Crippen LogP contribution in [0, 0.1) is 13.8 Å². The van der Waals surface area contributed by atoms with E-state index in [9.17, 15) is 9.59 Å². The highest BCUT2D eigenvalue weighted by Gasteiger charge is 2.32. The van der Waals surface area contributed by atoms with Gasteiger partial charge in [0.25, 0.3) is 0 Å². The first-order valence-electron chi connectivity index (χ1n) is 9.69. The van der Waals surface area contributed by atoms with E-state index in [-0.39, 0.29) is 11.8 Å². The van der Waals surface area contributed by atoms with E-state index in [1.54, 1.807) is 12.1 Å². The van der Waals surface area contributed by atoms with E-state index in [0.29, 0.717) is 29.2 Å². The molecular formula is C22H24ClN3O4S. The quantitative estimate of drug-likeness (QED) is 0.644. The van der Waals surface area contributed by atoms with E-state index < -0.39 is 5.37 Å². The number of nitrogens with zero attached hydrogens (tertiary/aromatic N) is 2. The molecule has 0 spiro atoms. The molecule has 1 atom stereocenters. The maximum atomic E-state index is 12.0. The normalized spacial score (nSPS) is 15.5. The van der Waals surface area contributed by atoms with E-state index in [4.69, 9.17) is 21.1 Å². The molecule has 0 fully saturated rings. The second-order valence-corrected chi connectivity index (χ2v) is 8.61. The number of ether oxygens (including phenoxy) is 2. The smallest absolute Gasteiger partial charge is 0.241 e. The van der Waals surface area contributed by atoms with Gasteiger partial charge in [0.05, 0.1) is 5.02 Å². The highest BCUT2D eigenvalue weighted by atomic mass is 35.5. The Balaban J connectivity index is 1.60. The van der Waals surface area contributed by atoms with Crippen molar-refractivity contribution in [1.82, 2.24) is 10.3 Å². The first-order valence-corrected chi connectivity index (χ1v) is 10.9. The van der Waals surface area contributed by atoms with Crippen molar-refractivity contribution in [3.63, 3.8) is 0 Å². The van der Waals surface area contributed by atoms with Crippen LogP contribution in [0.15, 0.2) is 41.5 Å². The average molecular weight is 462 g/mol. The predicted molar refractivity (Wildman–Crippen MR) is 122 cm³/mol. The van der Waals surface area contributed by atoms with Crippen LogP contribution < -0.4 is 14.8 Å². The Hall–Kier alpha value is -2.71. The van der Waals surface area contributed by atoms with Crippen molar-refractivity contribution in [3.8, 4) is 11.5 Å². The van der Waals surface area contributed by atoms with Crippen LogP contribution in [0.1, 0.15) is 35.9 Å². The Morgan fingerprint density at radius 2 is 1.77 bits per heavy atom. The lowest BCUT2D eigenvalue weighted by Gasteiger charge is -2.20. The highest BCUT2D eigenvalue weighted by molar-refractivity contribution is 8.14. The van der Waals surface area contributed by atoms with E-state index in [1.165, 1.54) is 30.6 Å². The predicted octanol–water partition coefficient (Wildman–Crippen LogP) is 4.42. The van der Waals surface area contributed by atoms with Gasteiger partial charge in [-0.15, -0.1) is 5.10 Å². The number of amides is 2. The number of hydrogen-bond donors (Lipinski definition) is 1. The fourth-order valence-electron chi connectivity index (χ4n) is 3.09. The summed E-state index contributed by atoms with van der Waals surface area (Å²) in [6.07, 6.45) is 0. The maximum absolute atomic E-state index is 12.0. The van der Waals surface area contributed by atoms with Gasteiger partial charge in [-0.05, 0) is 54.8 Å². The number of rotatable bonds is 6. The SMILES string of the molecule is CC(=O)NC1=NN(C(C)=O)[C@@H](c2ccc(OCCOc3cc(C)cc(C)c3)c(Cl)c2)S1. The molecule has 2 aromatic rings. The van der Waals surface area contributed by atoms with Crippen LogP contribution in [0.2, 0.25) is 5.02 Å². The molecule has 0 radical (unpaired) electrons. The summed E-state index contributed by atoms with van der Waals surface area (Å²) in [6.45, 7) is 7.57. The van der Waals surface area contributed by atoms with Gasteiger partial charge in [0, 0.05) is 13.8 Å². The third kappa shape index (κ3) is 6.15. The van der Waals surface area contributed by atoms with E-state index in [2.05, 4.69) is 16.5 Å². The van der Waals surface area contributed by atoms with Gasteiger partial charge in [0.1, 0.15) is 30.1 Å². The first kappa shape index (κ1) is 23.0. The van der Waals surface area contributed by atoms with Crippen molar-refractivity contribution in [2.45, 2.75) is 33.1 Å². The Labute approximate surface area is 190 Å². The second-order valence-electron chi connectivity index (χ2n) is 7.13. The Kier molecular flexibility index (Phi) is 7.46. The van der Waals surface area contributed by atoms with Gasteiger partial charge in [-0.2, -0.15) is 0 Å². The summed E-state index contributed by atoms with van der Waals surface area (Å²) in [7, 11) is 0. The molecule has 3 rings (SSSR count). The molecule has 31 heavy (non-hydrogen) atoms. The van der Waals surface area contributed by atoms with Crippen LogP contribution in [0.4, 0.5) is 0 Å². The summed E-state index contributed by atoms with van der Waals surface area (Å²) >= 11 is 7.68. The summed E-state index contributed by atoms with van der Waals surface area (Å²) in [6, 6.07) is 11.4. The molecule has 0 aliphatic carbocycles. The summed E-state index contributed by atoms with van der Waals surface area (Å²) < 4.78 is 11.5. The molecular weight excluding hydrogens is 438 g/mol. The van der Waals surface area contributed by atoms with Crippen LogP contribution >= 0.6 is 23.4 Å². The summed E-state index contributed by atoms with van der Waals surface area (Å²) in [5.74, 6) is 0.841. The van der Waals surface area contributed by atoms with Gasteiger partial charge in [-0.3, -0.25) is 9.59 Å². The van der Waals surface area contributed by atoms with Crippen LogP contribution in [0.5, 0.6) is 11.5 Å². The molecule has 1 heterocycles. The van der Waals surface area contributed by atoms with Gasteiger partial charge < -0.3 is 14.8 Å². The monoisotopic (exact) mass is 461 g/mol. The molecule has 0 bridgehead atoms. The topological polar surface area (TPSA) is 80.2 Å². The number of halogens is 1. The minimum absolute atomic E-state index is 0.238. The van der Waals surface area contributed by atoms with Crippen LogP contribution in [-0.2, 0) is 9.59 Å². The zero-order valence-corrected chi connectivity index (χ0v) is 19.3. The van der Waals surface area contributed by atoms with Gasteiger partial charge in [-0.1, -0.05) is 35.5 Å². The molecule has 0 saturated heterocycles. The van der Waals surface area contributed by atoms with Crippen LogP contribution in [0.3, 0.4) is 0 Å². The Bertz CT molecular complexity index is 1010. The van der Waals surface area contributed by atoms with Crippen molar-refractivity contribution in [2.24, 2.45) is 5.10 Å². The number of amidine groups is 1. The number of carbonyl (C=O) groups is 2. The largest absolute Gasteiger partial charge is 0.490 e. The van der Waals surface area contributed by atoms with Gasteiger partial charge in [0.15, 0.2) is 5.17 Å². The molecule has 1 N–H and O–H groups in total. The van der Waals surface area contributed by atoms with Crippen molar-refractivity contribution >= 4 is 40.3 Å². The lowest BCUT2D eigenvalue weighted by Crippen LogP contribution is -2.25. The van der Waals surface area contributed by atoms with Crippen molar-refractivity contribution in [1.29, 1.82) is 0 Å². The molecule has 1 aliphatic rings. The molecule has 1 aliphatic heterocycles. The maximum Gasteiger partial charge on any atom is 0.241 e. The number of benzene rings is 2. The molecule has 9 heteroatoms. The fraction of sp³-hybridized carbons (Fsp3) is 0.318. The zero-order chi connectivity index (χ0) is 22.5. The average Bonchev–Trinajstić information content (AvgIpc) is 3.09. The van der Waals surface area contributed by atoms with Crippen molar-refractivity contribution in [2.75, 3.05) is 13.2 Å². The van der Waals surface area contributed by atoms with Gasteiger partial charge in [-0.25, -0.2) is 5.01 Å².